The summed E-state index contributed by atoms with van der Waals surface area (Å²) in [5.74, 6) is 2.69. The van der Waals surface area contributed by atoms with Crippen molar-refractivity contribution in [2.75, 3.05) is 5.32 Å². The molecular weight excluding hydrogens is 417 g/mol. The largest absolute Gasteiger partial charge is 0.505 e. The van der Waals surface area contributed by atoms with Gasteiger partial charge in [0.05, 0.1) is 6.04 Å². The third-order valence-corrected chi connectivity index (χ3v) is 5.68. The predicted molar refractivity (Wildman–Crippen MR) is 116 cm³/mol. The molecule has 0 aliphatic rings. The van der Waals surface area contributed by atoms with Crippen LogP contribution in [0.1, 0.15) is 22.7 Å². The van der Waals surface area contributed by atoms with Gasteiger partial charge in [0.1, 0.15) is 22.0 Å². The highest BCUT2D eigenvalue weighted by Gasteiger charge is 2.23. The number of fused-ring (bicyclic) bond motifs is 1. The number of terminal acetylenes is 1. The zero-order valence-electron chi connectivity index (χ0n) is 16.0. The van der Waals surface area contributed by atoms with Gasteiger partial charge >= 0.3 is 10.2 Å². The van der Waals surface area contributed by atoms with E-state index in [4.69, 9.17) is 6.42 Å². The molecule has 2 aromatic heterocycles. The van der Waals surface area contributed by atoms with Crippen LogP contribution in [0.3, 0.4) is 0 Å². The molecule has 0 aliphatic carbocycles. The molecule has 0 spiro atoms. The second kappa shape index (κ2) is 8.05. The SMILES string of the molecule is C#Cc1cc(C(Nc2ccccn2)c2ccc3cccnc3c2O)ccc1S(=O)(=O)F. The molecule has 0 saturated heterocycles. The van der Waals surface area contributed by atoms with Crippen molar-refractivity contribution in [3.63, 3.8) is 0 Å². The maximum atomic E-state index is 13.6. The standard InChI is InChI=1S/C23H16FN3O3S/c1-2-15-14-17(9-11-19(15)31(24,29)30)21(27-20-7-3-4-12-25-20)18-10-8-16-6-5-13-26-22(16)23(18)28/h1,3-14,21,28H,(H,25,27). The summed E-state index contributed by atoms with van der Waals surface area (Å²) in [7, 11) is -4.98. The smallest absolute Gasteiger partial charge is 0.333 e. The van der Waals surface area contributed by atoms with Crippen LogP contribution in [-0.4, -0.2) is 23.5 Å². The molecule has 0 fully saturated rings. The highest BCUT2D eigenvalue weighted by atomic mass is 32.3. The van der Waals surface area contributed by atoms with Crippen molar-refractivity contribution in [2.24, 2.45) is 0 Å². The van der Waals surface area contributed by atoms with Crippen LogP contribution < -0.4 is 5.32 Å². The molecule has 154 valence electrons. The number of pyridine rings is 2. The first kappa shape index (κ1) is 20.3. The Morgan fingerprint density at radius 2 is 1.84 bits per heavy atom. The van der Waals surface area contributed by atoms with Gasteiger partial charge < -0.3 is 10.4 Å². The lowest BCUT2D eigenvalue weighted by atomic mass is 9.95. The normalized spacial score (nSPS) is 12.3. The van der Waals surface area contributed by atoms with Gasteiger partial charge in [-0.2, -0.15) is 8.42 Å². The molecular formula is C23H16FN3O3S. The molecule has 2 aromatic carbocycles. The van der Waals surface area contributed by atoms with Crippen LogP contribution in [0.15, 0.2) is 78.0 Å². The lowest BCUT2D eigenvalue weighted by molar-refractivity contribution is 0.471. The van der Waals surface area contributed by atoms with E-state index in [2.05, 4.69) is 21.2 Å². The van der Waals surface area contributed by atoms with Crippen molar-refractivity contribution in [3.8, 4) is 18.1 Å². The number of rotatable bonds is 5. The Labute approximate surface area is 178 Å². The number of phenolic OH excluding ortho intramolecular Hbond substituents is 1. The zero-order chi connectivity index (χ0) is 22.0. The van der Waals surface area contributed by atoms with Crippen molar-refractivity contribution < 1.29 is 17.4 Å². The fraction of sp³-hybridized carbons (Fsp3) is 0.0435. The molecule has 1 unspecified atom stereocenters. The van der Waals surface area contributed by atoms with Gasteiger partial charge in [-0.05, 0) is 35.9 Å². The van der Waals surface area contributed by atoms with Crippen LogP contribution >= 0.6 is 0 Å². The molecule has 4 aromatic rings. The van der Waals surface area contributed by atoms with Crippen molar-refractivity contribution >= 4 is 26.9 Å². The molecule has 2 heterocycles. The fourth-order valence-corrected chi connectivity index (χ4v) is 3.98. The molecule has 1 atom stereocenters. The van der Waals surface area contributed by atoms with E-state index in [-0.39, 0.29) is 11.3 Å². The van der Waals surface area contributed by atoms with E-state index in [0.717, 1.165) is 11.5 Å². The molecule has 31 heavy (non-hydrogen) atoms. The molecule has 0 saturated carbocycles. The lowest BCUT2D eigenvalue weighted by Gasteiger charge is -2.22. The van der Waals surface area contributed by atoms with Gasteiger partial charge in [-0.3, -0.25) is 4.98 Å². The number of nitrogens with zero attached hydrogens (tertiary/aromatic N) is 2. The summed E-state index contributed by atoms with van der Waals surface area (Å²) >= 11 is 0. The molecule has 0 aliphatic heterocycles. The first-order valence-electron chi connectivity index (χ1n) is 9.18. The maximum absolute atomic E-state index is 13.6. The van der Waals surface area contributed by atoms with E-state index in [1.165, 1.54) is 12.1 Å². The average Bonchev–Trinajstić information content (AvgIpc) is 2.78. The summed E-state index contributed by atoms with van der Waals surface area (Å²) in [5, 5.41) is 14.9. The van der Waals surface area contributed by atoms with Crippen LogP contribution in [0, 0.1) is 12.3 Å². The number of benzene rings is 2. The minimum Gasteiger partial charge on any atom is -0.505 e. The lowest BCUT2D eigenvalue weighted by Crippen LogP contribution is -2.14. The topological polar surface area (TPSA) is 92.2 Å². The predicted octanol–water partition coefficient (Wildman–Crippen LogP) is 4.18. The van der Waals surface area contributed by atoms with E-state index < -0.39 is 21.2 Å². The summed E-state index contributed by atoms with van der Waals surface area (Å²) in [6, 6.07) is 15.7. The van der Waals surface area contributed by atoms with E-state index in [0.29, 0.717) is 22.5 Å². The van der Waals surface area contributed by atoms with Crippen molar-refractivity contribution in [1.29, 1.82) is 0 Å². The first-order chi connectivity index (χ1) is 14.9. The summed E-state index contributed by atoms with van der Waals surface area (Å²) in [6.45, 7) is 0. The number of anilines is 1. The van der Waals surface area contributed by atoms with E-state index in [1.807, 2.05) is 12.1 Å². The monoisotopic (exact) mass is 433 g/mol. The Bertz CT molecular complexity index is 1420. The first-order valence-corrected chi connectivity index (χ1v) is 10.6. The minimum absolute atomic E-state index is 0.0454. The fourth-order valence-electron chi connectivity index (χ4n) is 3.37. The van der Waals surface area contributed by atoms with Gasteiger partial charge in [-0.25, -0.2) is 4.98 Å². The van der Waals surface area contributed by atoms with Crippen LogP contribution in [0.25, 0.3) is 10.9 Å². The van der Waals surface area contributed by atoms with Crippen molar-refractivity contribution in [1.82, 2.24) is 9.97 Å². The molecule has 0 radical (unpaired) electrons. The Morgan fingerprint density at radius 1 is 1.03 bits per heavy atom. The third kappa shape index (κ3) is 4.04. The second-order valence-corrected chi connectivity index (χ2v) is 8.02. The van der Waals surface area contributed by atoms with Crippen LogP contribution in [-0.2, 0) is 10.2 Å². The molecule has 0 amide bonds. The van der Waals surface area contributed by atoms with Crippen LogP contribution in [0.5, 0.6) is 5.75 Å². The van der Waals surface area contributed by atoms with Crippen molar-refractivity contribution in [3.05, 3.63) is 89.7 Å². The van der Waals surface area contributed by atoms with Gasteiger partial charge in [-0.1, -0.05) is 36.3 Å². The third-order valence-electron chi connectivity index (χ3n) is 4.80. The van der Waals surface area contributed by atoms with Crippen LogP contribution in [0.4, 0.5) is 9.70 Å². The van der Waals surface area contributed by atoms with Gasteiger partial charge in [0, 0.05) is 28.9 Å². The van der Waals surface area contributed by atoms with Gasteiger partial charge in [0.25, 0.3) is 0 Å². The molecule has 2 N–H and O–H groups in total. The minimum atomic E-state index is -4.98. The highest BCUT2D eigenvalue weighted by Crippen LogP contribution is 2.37. The Balaban J connectivity index is 1.91. The highest BCUT2D eigenvalue weighted by molar-refractivity contribution is 7.86. The number of aromatic hydroxyl groups is 1. The van der Waals surface area contributed by atoms with Crippen molar-refractivity contribution in [2.45, 2.75) is 10.9 Å². The maximum Gasteiger partial charge on any atom is 0.333 e. The second-order valence-electron chi connectivity index (χ2n) is 6.71. The van der Waals surface area contributed by atoms with Gasteiger partial charge in [0.2, 0.25) is 0 Å². The number of hydrogen-bond donors (Lipinski definition) is 2. The molecule has 4 rings (SSSR count). The molecule has 8 heteroatoms. The molecule has 0 bridgehead atoms. The molecule has 6 nitrogen and oxygen atoms in total. The number of aromatic nitrogens is 2. The number of phenols is 1. The van der Waals surface area contributed by atoms with Crippen LogP contribution in [0.2, 0.25) is 0 Å². The number of hydrogen-bond acceptors (Lipinski definition) is 6. The number of halogens is 1. The Morgan fingerprint density at radius 3 is 2.55 bits per heavy atom. The summed E-state index contributed by atoms with van der Waals surface area (Å²) in [5.41, 5.74) is 1.27. The quantitative estimate of drug-likeness (QED) is 0.362. The van der Waals surface area contributed by atoms with E-state index in [1.54, 1.807) is 42.7 Å². The van der Waals surface area contributed by atoms with E-state index >= 15 is 0 Å². The summed E-state index contributed by atoms with van der Waals surface area (Å²) in [4.78, 5) is 7.92. The van der Waals surface area contributed by atoms with Gasteiger partial charge in [-0.15, -0.1) is 10.3 Å². The average molecular weight is 433 g/mol. The summed E-state index contributed by atoms with van der Waals surface area (Å²) in [6.07, 6.45) is 8.62. The Kier molecular flexibility index (Phi) is 5.28. The van der Waals surface area contributed by atoms with Gasteiger partial charge in [0.15, 0.2) is 0 Å². The summed E-state index contributed by atoms with van der Waals surface area (Å²) < 4.78 is 36.5. The van der Waals surface area contributed by atoms with E-state index in [9.17, 15) is 17.4 Å². The Hall–Kier alpha value is -3.96. The zero-order valence-corrected chi connectivity index (χ0v) is 16.8. The number of nitrogens with one attached hydrogen (secondary N) is 1.